The summed E-state index contributed by atoms with van der Waals surface area (Å²) >= 11 is 5.99. The maximum absolute atomic E-state index is 5.99. The summed E-state index contributed by atoms with van der Waals surface area (Å²) in [6, 6.07) is 7.46. The second-order valence-corrected chi connectivity index (χ2v) is 4.63. The number of hydrogen-bond acceptors (Lipinski definition) is 5. The van der Waals surface area contributed by atoms with Crippen LogP contribution in [0.5, 0.6) is 0 Å². The zero-order chi connectivity index (χ0) is 13.9. The van der Waals surface area contributed by atoms with E-state index in [-0.39, 0.29) is 0 Å². The van der Waals surface area contributed by atoms with Crippen LogP contribution in [0.4, 0.5) is 17.5 Å². The quantitative estimate of drug-likeness (QED) is 0.687. The lowest BCUT2D eigenvalue weighted by atomic mass is 10.3. The van der Waals surface area contributed by atoms with Crippen molar-refractivity contribution in [3.63, 3.8) is 0 Å². The lowest BCUT2D eigenvalue weighted by Gasteiger charge is -2.09. The van der Waals surface area contributed by atoms with Gasteiger partial charge in [-0.15, -0.1) is 0 Å². The van der Waals surface area contributed by atoms with Gasteiger partial charge in [0.2, 0.25) is 5.95 Å². The summed E-state index contributed by atoms with van der Waals surface area (Å²) < 4.78 is 0. The van der Waals surface area contributed by atoms with E-state index in [1.807, 2.05) is 31.2 Å². The third-order valence-electron chi connectivity index (χ3n) is 2.73. The highest BCUT2D eigenvalue weighted by atomic mass is 35.5. The third kappa shape index (κ3) is 2.50. The normalized spacial score (nSPS) is 10.7. The molecule has 2 heterocycles. The molecule has 3 N–H and O–H groups in total. The first kappa shape index (κ1) is 12.7. The van der Waals surface area contributed by atoms with Crippen LogP contribution in [0.15, 0.2) is 30.5 Å². The molecule has 0 amide bonds. The zero-order valence-electron chi connectivity index (χ0n) is 10.8. The number of halogens is 1. The van der Waals surface area contributed by atoms with Crippen LogP contribution in [0.1, 0.15) is 6.92 Å². The highest BCUT2D eigenvalue weighted by molar-refractivity contribution is 6.30. The van der Waals surface area contributed by atoms with Crippen molar-refractivity contribution in [2.75, 3.05) is 17.2 Å². The number of hydrogen-bond donors (Lipinski definition) is 3. The summed E-state index contributed by atoms with van der Waals surface area (Å²) in [5.41, 5.74) is 1.54. The van der Waals surface area contributed by atoms with Gasteiger partial charge in [-0.3, -0.25) is 5.10 Å². The number of nitrogens with zero attached hydrogens (tertiary/aromatic N) is 3. The monoisotopic (exact) mass is 288 g/mol. The van der Waals surface area contributed by atoms with E-state index in [9.17, 15) is 0 Å². The molecule has 1 aromatic carbocycles. The molecular formula is C13H13ClN6. The Labute approximate surface area is 120 Å². The molecule has 0 aliphatic rings. The Bertz CT molecular complexity index is 739. The molecule has 7 heteroatoms. The fraction of sp³-hybridized carbons (Fsp3) is 0.154. The number of aromatic amines is 1. The first-order chi connectivity index (χ1) is 9.76. The first-order valence-electron chi connectivity index (χ1n) is 6.24. The maximum Gasteiger partial charge on any atom is 0.226 e. The molecule has 20 heavy (non-hydrogen) atoms. The molecule has 0 saturated heterocycles. The minimum absolute atomic E-state index is 0.550. The molecule has 6 nitrogen and oxygen atoms in total. The van der Waals surface area contributed by atoms with Gasteiger partial charge in [-0.25, -0.2) is 0 Å². The molecular weight excluding hydrogens is 276 g/mol. The number of H-pyrrole nitrogens is 1. The highest BCUT2D eigenvalue weighted by Crippen LogP contribution is 2.25. The van der Waals surface area contributed by atoms with Gasteiger partial charge in [0.05, 0.1) is 11.6 Å². The predicted octanol–water partition coefficient (Wildman–Crippen LogP) is 3.18. The minimum atomic E-state index is 0.550. The van der Waals surface area contributed by atoms with Crippen molar-refractivity contribution in [3.8, 4) is 0 Å². The fourth-order valence-corrected chi connectivity index (χ4v) is 2.06. The van der Waals surface area contributed by atoms with E-state index in [0.29, 0.717) is 22.4 Å². The molecule has 0 unspecified atom stereocenters. The molecule has 0 spiro atoms. The minimum Gasteiger partial charge on any atom is -0.354 e. The van der Waals surface area contributed by atoms with E-state index in [0.717, 1.165) is 17.6 Å². The van der Waals surface area contributed by atoms with Crippen molar-refractivity contribution in [2.24, 2.45) is 0 Å². The number of benzene rings is 1. The second-order valence-electron chi connectivity index (χ2n) is 4.19. The summed E-state index contributed by atoms with van der Waals surface area (Å²) in [5, 5.41) is 14.7. The highest BCUT2D eigenvalue weighted by Gasteiger charge is 2.09. The van der Waals surface area contributed by atoms with Crippen LogP contribution in [0.3, 0.4) is 0 Å². The van der Waals surface area contributed by atoms with Crippen LogP contribution in [0, 0.1) is 0 Å². The van der Waals surface area contributed by atoms with E-state index < -0.39 is 0 Å². The molecule has 0 bridgehead atoms. The third-order valence-corrected chi connectivity index (χ3v) is 2.97. The summed E-state index contributed by atoms with van der Waals surface area (Å²) in [7, 11) is 0. The predicted molar refractivity (Wildman–Crippen MR) is 80.6 cm³/mol. The van der Waals surface area contributed by atoms with Crippen molar-refractivity contribution >= 4 is 40.1 Å². The summed E-state index contributed by atoms with van der Waals surface area (Å²) in [5.74, 6) is 1.23. The lowest BCUT2D eigenvalue weighted by molar-refractivity contribution is 1.07. The largest absolute Gasteiger partial charge is 0.354 e. The molecule has 3 aromatic rings. The Kier molecular flexibility index (Phi) is 3.39. The van der Waals surface area contributed by atoms with E-state index in [4.69, 9.17) is 11.6 Å². The Morgan fingerprint density at radius 1 is 1.30 bits per heavy atom. The Hall–Kier alpha value is -2.34. The number of nitrogens with one attached hydrogen (secondary N) is 3. The van der Waals surface area contributed by atoms with Gasteiger partial charge in [-0.05, 0) is 25.1 Å². The van der Waals surface area contributed by atoms with E-state index in [1.54, 1.807) is 6.20 Å². The van der Waals surface area contributed by atoms with Gasteiger partial charge in [0.1, 0.15) is 5.82 Å². The average molecular weight is 289 g/mol. The topological polar surface area (TPSA) is 78.5 Å². The Morgan fingerprint density at radius 2 is 2.20 bits per heavy atom. The number of anilines is 3. The molecule has 0 atom stereocenters. The maximum atomic E-state index is 5.99. The number of aromatic nitrogens is 4. The van der Waals surface area contributed by atoms with E-state index in [2.05, 4.69) is 30.8 Å². The van der Waals surface area contributed by atoms with E-state index in [1.165, 1.54) is 0 Å². The molecule has 0 fully saturated rings. The smallest absolute Gasteiger partial charge is 0.226 e. The first-order valence-corrected chi connectivity index (χ1v) is 6.61. The van der Waals surface area contributed by atoms with E-state index >= 15 is 0 Å². The molecule has 3 rings (SSSR count). The van der Waals surface area contributed by atoms with Crippen LogP contribution < -0.4 is 10.6 Å². The molecule has 0 aliphatic heterocycles. The van der Waals surface area contributed by atoms with Crippen LogP contribution in [-0.4, -0.2) is 26.7 Å². The van der Waals surface area contributed by atoms with Crippen molar-refractivity contribution in [2.45, 2.75) is 6.92 Å². The number of rotatable bonds is 4. The van der Waals surface area contributed by atoms with Crippen LogP contribution >= 0.6 is 11.6 Å². The molecule has 2 aromatic heterocycles. The van der Waals surface area contributed by atoms with Crippen molar-refractivity contribution in [3.05, 3.63) is 35.5 Å². The Balaban J connectivity index is 2.02. The van der Waals surface area contributed by atoms with Gasteiger partial charge in [0.25, 0.3) is 0 Å². The van der Waals surface area contributed by atoms with Gasteiger partial charge in [-0.2, -0.15) is 15.1 Å². The van der Waals surface area contributed by atoms with Crippen LogP contribution in [-0.2, 0) is 0 Å². The van der Waals surface area contributed by atoms with Gasteiger partial charge in [-0.1, -0.05) is 17.7 Å². The molecule has 0 saturated carbocycles. The molecule has 102 valence electrons. The fourth-order valence-electron chi connectivity index (χ4n) is 1.87. The second kappa shape index (κ2) is 5.34. The van der Waals surface area contributed by atoms with Crippen LogP contribution in [0.2, 0.25) is 5.02 Å². The number of fused-ring (bicyclic) bond motifs is 1. The molecule has 0 aliphatic carbocycles. The Morgan fingerprint density at radius 3 is 3.00 bits per heavy atom. The van der Waals surface area contributed by atoms with Crippen LogP contribution in [0.25, 0.3) is 11.0 Å². The summed E-state index contributed by atoms with van der Waals surface area (Å²) in [4.78, 5) is 8.79. The van der Waals surface area contributed by atoms with Gasteiger partial charge in [0, 0.05) is 17.3 Å². The van der Waals surface area contributed by atoms with Gasteiger partial charge in [0.15, 0.2) is 5.65 Å². The van der Waals surface area contributed by atoms with Crippen molar-refractivity contribution in [1.29, 1.82) is 0 Å². The van der Waals surface area contributed by atoms with Crippen molar-refractivity contribution in [1.82, 2.24) is 20.2 Å². The zero-order valence-corrected chi connectivity index (χ0v) is 11.6. The summed E-state index contributed by atoms with van der Waals surface area (Å²) in [6.45, 7) is 2.74. The summed E-state index contributed by atoms with van der Waals surface area (Å²) in [6.07, 6.45) is 1.69. The average Bonchev–Trinajstić information content (AvgIpc) is 2.87. The van der Waals surface area contributed by atoms with Gasteiger partial charge < -0.3 is 10.6 Å². The van der Waals surface area contributed by atoms with Crippen molar-refractivity contribution < 1.29 is 0 Å². The molecule has 0 radical (unpaired) electrons. The van der Waals surface area contributed by atoms with Gasteiger partial charge >= 0.3 is 0 Å². The standard InChI is InChI=1S/C13H13ClN6/c1-2-15-13-18-11(10-7-16-20-12(10)19-13)17-9-5-3-4-8(14)6-9/h3-7H,2H2,1H3,(H3,15,16,17,18,19,20). The lowest BCUT2D eigenvalue weighted by Crippen LogP contribution is -2.04. The SMILES string of the molecule is CCNc1nc(Nc2cccc(Cl)c2)c2cn[nH]c2n1.